The van der Waals surface area contributed by atoms with E-state index in [9.17, 15) is 50.1 Å². The van der Waals surface area contributed by atoms with Crippen LogP contribution in [-0.2, 0) is 33.3 Å². The first-order valence-electron chi connectivity index (χ1n) is 11.6. The normalized spacial score (nSPS) is 30.0. The molecule has 0 aromatic heterocycles. The highest BCUT2D eigenvalue weighted by molar-refractivity contribution is 5.89. The average molecular weight is 552 g/mol. The summed E-state index contributed by atoms with van der Waals surface area (Å²) in [5.74, 6) is -4.91. The highest BCUT2D eigenvalue weighted by Crippen LogP contribution is 2.35. The van der Waals surface area contributed by atoms with Crippen LogP contribution in [-0.4, -0.2) is 104 Å². The maximum atomic E-state index is 12.2. The molecular weight excluding hydrogens is 524 g/mol. The third kappa shape index (κ3) is 7.63. The lowest BCUT2D eigenvalue weighted by molar-refractivity contribution is -0.327. The van der Waals surface area contributed by atoms with E-state index in [0.29, 0.717) is 5.56 Å². The van der Waals surface area contributed by atoms with Crippen LogP contribution < -0.4 is 0 Å². The first-order valence-corrected chi connectivity index (χ1v) is 11.6. The number of rotatable bonds is 10. The second-order valence-corrected chi connectivity index (χ2v) is 8.59. The number of aromatic hydroxyl groups is 1. The molecule has 2 aliphatic rings. The third-order valence-electron chi connectivity index (χ3n) is 5.95. The van der Waals surface area contributed by atoms with E-state index in [4.69, 9.17) is 18.9 Å². The molecule has 1 saturated heterocycles. The van der Waals surface area contributed by atoms with E-state index in [2.05, 4.69) is 0 Å². The van der Waals surface area contributed by atoms with Gasteiger partial charge in [-0.15, -0.1) is 0 Å². The molecule has 7 atom stereocenters. The zero-order valence-corrected chi connectivity index (χ0v) is 20.3. The van der Waals surface area contributed by atoms with Gasteiger partial charge in [-0.3, -0.25) is 4.79 Å². The molecule has 212 valence electrons. The van der Waals surface area contributed by atoms with Crippen molar-refractivity contribution in [1.82, 2.24) is 0 Å². The van der Waals surface area contributed by atoms with Crippen molar-refractivity contribution < 1.29 is 69.1 Å². The summed E-state index contributed by atoms with van der Waals surface area (Å²) in [5.41, 5.74) is 0.0648. The molecule has 0 spiro atoms. The number of benzene rings is 1. The maximum absolute atomic E-state index is 12.2. The van der Waals surface area contributed by atoms with Gasteiger partial charge in [-0.25, -0.2) is 9.59 Å². The van der Waals surface area contributed by atoms with E-state index in [0.717, 1.165) is 12.3 Å². The van der Waals surface area contributed by atoms with E-state index in [-0.39, 0.29) is 11.3 Å². The molecule has 0 amide bonds. The molecule has 0 saturated carbocycles. The van der Waals surface area contributed by atoms with Gasteiger partial charge in [0, 0.05) is 17.6 Å². The average Bonchev–Trinajstić information content (AvgIpc) is 2.89. The van der Waals surface area contributed by atoms with Crippen LogP contribution in [0.4, 0.5) is 0 Å². The predicted octanol–water partition coefficient (Wildman–Crippen LogP) is -0.893. The Hall–Kier alpha value is -3.79. The Kier molecular flexibility index (Phi) is 10.2. The minimum Gasteiger partial charge on any atom is -0.508 e. The second kappa shape index (κ2) is 13.3. The standard InChI is InChI=1S/C25H28O14/c26-10-17-20(31)21(32)22(33)25(38-17)39-24-14(15(9-18(28)29)16(11-37-24)23(34)35)7-8-36-19(30)6-3-12-1-4-13(27)5-2-12/h1-7,11,15,17,20-22,24-27,31-33H,8-10H2,(H,28,29)(H,34,35)/b6-3+,14-7-/t15-,17+,20+,21-,22+,24+,25-/m1/s1. The number of esters is 1. The molecule has 14 heteroatoms. The predicted molar refractivity (Wildman–Crippen MR) is 127 cm³/mol. The van der Waals surface area contributed by atoms with Gasteiger partial charge < -0.3 is 54.7 Å². The number of aliphatic hydroxyl groups is 4. The van der Waals surface area contributed by atoms with Crippen molar-refractivity contribution >= 4 is 24.0 Å². The van der Waals surface area contributed by atoms with Crippen molar-refractivity contribution in [2.75, 3.05) is 13.2 Å². The van der Waals surface area contributed by atoms with Gasteiger partial charge in [0.05, 0.1) is 24.9 Å². The van der Waals surface area contributed by atoms with Gasteiger partial charge in [-0.05, 0) is 29.8 Å². The lowest BCUT2D eigenvalue weighted by Gasteiger charge is -2.41. The van der Waals surface area contributed by atoms with Crippen molar-refractivity contribution in [3.05, 3.63) is 59.4 Å². The van der Waals surface area contributed by atoms with Gasteiger partial charge in [0.1, 0.15) is 36.8 Å². The first-order chi connectivity index (χ1) is 18.5. The molecule has 0 unspecified atom stereocenters. The van der Waals surface area contributed by atoms with Gasteiger partial charge in [0.15, 0.2) is 6.29 Å². The van der Waals surface area contributed by atoms with E-state index in [1.165, 1.54) is 24.3 Å². The van der Waals surface area contributed by atoms with Gasteiger partial charge in [-0.1, -0.05) is 12.1 Å². The largest absolute Gasteiger partial charge is 0.508 e. The first kappa shape index (κ1) is 29.8. The number of aliphatic carboxylic acids is 2. The molecule has 14 nitrogen and oxygen atoms in total. The fourth-order valence-corrected chi connectivity index (χ4v) is 3.91. The molecule has 1 fully saturated rings. The fraction of sp³-hybridized carbons (Fsp3) is 0.400. The molecule has 3 rings (SSSR count). The molecular formula is C25H28O14. The Bertz CT molecular complexity index is 1120. The van der Waals surface area contributed by atoms with Crippen LogP contribution in [0.3, 0.4) is 0 Å². The maximum Gasteiger partial charge on any atom is 0.335 e. The molecule has 7 N–H and O–H groups in total. The van der Waals surface area contributed by atoms with Crippen LogP contribution >= 0.6 is 0 Å². The Morgan fingerprint density at radius 2 is 1.69 bits per heavy atom. The minimum absolute atomic E-state index is 0.0437. The van der Waals surface area contributed by atoms with Crippen molar-refractivity contribution in [2.24, 2.45) is 5.92 Å². The molecule has 39 heavy (non-hydrogen) atoms. The lowest BCUT2D eigenvalue weighted by atomic mass is 9.86. The number of carbonyl (C=O) groups is 3. The summed E-state index contributed by atoms with van der Waals surface area (Å²) in [5, 5.41) is 67.9. The van der Waals surface area contributed by atoms with Crippen molar-refractivity contribution in [3.63, 3.8) is 0 Å². The molecule has 1 aromatic carbocycles. The molecule has 2 aliphatic heterocycles. The Morgan fingerprint density at radius 1 is 1.00 bits per heavy atom. The summed E-state index contributed by atoms with van der Waals surface area (Å²) in [7, 11) is 0. The monoisotopic (exact) mass is 552 g/mol. The Labute approximate surface area is 221 Å². The van der Waals surface area contributed by atoms with Crippen LogP contribution in [0.15, 0.2) is 53.8 Å². The number of aliphatic hydroxyl groups excluding tert-OH is 4. The number of carboxylic acids is 2. The zero-order chi connectivity index (χ0) is 28.7. The number of phenols is 1. The summed E-state index contributed by atoms with van der Waals surface area (Å²) in [6.07, 6.45) is -6.07. The van der Waals surface area contributed by atoms with Crippen LogP contribution in [0, 0.1) is 5.92 Å². The molecule has 0 radical (unpaired) electrons. The quantitative estimate of drug-likeness (QED) is 0.106. The third-order valence-corrected chi connectivity index (χ3v) is 5.95. The van der Waals surface area contributed by atoms with Crippen LogP contribution in [0.2, 0.25) is 0 Å². The number of carbonyl (C=O) groups excluding carboxylic acids is 1. The molecule has 1 aromatic rings. The minimum atomic E-state index is -1.82. The van der Waals surface area contributed by atoms with Gasteiger partial charge in [0.2, 0.25) is 6.29 Å². The molecule has 2 heterocycles. The van der Waals surface area contributed by atoms with E-state index < -0.39 is 86.0 Å². The summed E-state index contributed by atoms with van der Waals surface area (Å²) in [4.78, 5) is 35.4. The number of hydrogen-bond donors (Lipinski definition) is 7. The van der Waals surface area contributed by atoms with Crippen LogP contribution in [0.5, 0.6) is 5.75 Å². The highest BCUT2D eigenvalue weighted by Gasteiger charge is 2.46. The molecule has 0 bridgehead atoms. The van der Waals surface area contributed by atoms with E-state index in [1.54, 1.807) is 12.1 Å². The van der Waals surface area contributed by atoms with Gasteiger partial charge in [0.25, 0.3) is 0 Å². The SMILES string of the molecule is O=C(O)C[C@H]1C(C(=O)O)=CO[C@@H](O[C@H]2O[C@@H](CO)[C@H](O)[C@@H](O)[C@@H]2O)/C1=C\COC(=O)/C=C/c1ccc(O)cc1. The van der Waals surface area contributed by atoms with Gasteiger partial charge >= 0.3 is 17.9 Å². The van der Waals surface area contributed by atoms with Crippen LogP contribution in [0.25, 0.3) is 6.08 Å². The number of phenolic OH excluding ortho intramolecular Hbond substituents is 1. The summed E-state index contributed by atoms with van der Waals surface area (Å²) >= 11 is 0. The Balaban J connectivity index is 1.81. The van der Waals surface area contributed by atoms with Gasteiger partial charge in [-0.2, -0.15) is 0 Å². The highest BCUT2D eigenvalue weighted by atomic mass is 16.8. The summed E-state index contributed by atoms with van der Waals surface area (Å²) in [6, 6.07) is 5.95. The van der Waals surface area contributed by atoms with E-state index >= 15 is 0 Å². The number of ether oxygens (including phenoxy) is 4. The second-order valence-electron chi connectivity index (χ2n) is 8.59. The Morgan fingerprint density at radius 3 is 2.31 bits per heavy atom. The lowest BCUT2D eigenvalue weighted by Crippen LogP contribution is -2.60. The fourth-order valence-electron chi connectivity index (χ4n) is 3.91. The van der Waals surface area contributed by atoms with Crippen molar-refractivity contribution in [2.45, 2.75) is 43.4 Å². The molecule has 0 aliphatic carbocycles. The van der Waals surface area contributed by atoms with E-state index in [1.807, 2.05) is 0 Å². The van der Waals surface area contributed by atoms with Crippen molar-refractivity contribution in [3.8, 4) is 5.75 Å². The number of hydrogen-bond acceptors (Lipinski definition) is 12. The number of carboxylic acid groups (broad SMARTS) is 2. The zero-order valence-electron chi connectivity index (χ0n) is 20.3. The smallest absolute Gasteiger partial charge is 0.335 e. The summed E-state index contributed by atoms with van der Waals surface area (Å²) < 4.78 is 21.3. The van der Waals surface area contributed by atoms with Crippen LogP contribution in [0.1, 0.15) is 12.0 Å². The van der Waals surface area contributed by atoms with Crippen molar-refractivity contribution in [1.29, 1.82) is 0 Å². The summed E-state index contributed by atoms with van der Waals surface area (Å²) in [6.45, 7) is -1.20. The topological polar surface area (TPSA) is 230 Å².